The van der Waals surface area contributed by atoms with Gasteiger partial charge in [-0.25, -0.2) is 4.98 Å². The maximum absolute atomic E-state index is 12.2. The normalized spacial score (nSPS) is 11.8. The molecule has 1 unspecified atom stereocenters. The summed E-state index contributed by atoms with van der Waals surface area (Å²) in [6.45, 7) is 3.57. The number of ether oxygens (including phenoxy) is 2. The molecular weight excluding hydrogens is 308 g/mol. The van der Waals surface area contributed by atoms with Gasteiger partial charge in [0.1, 0.15) is 11.5 Å². The maximum atomic E-state index is 12.2. The molecule has 1 heterocycles. The van der Waals surface area contributed by atoms with E-state index in [1.807, 2.05) is 17.7 Å². The average Bonchev–Trinajstić information content (AvgIpc) is 3.08. The molecule has 7 nitrogen and oxygen atoms in total. The van der Waals surface area contributed by atoms with E-state index < -0.39 is 0 Å². The quantitative estimate of drug-likeness (QED) is 0.733. The van der Waals surface area contributed by atoms with E-state index in [9.17, 15) is 4.79 Å². The first-order valence-corrected chi connectivity index (χ1v) is 7.83. The lowest BCUT2D eigenvalue weighted by Gasteiger charge is -2.15. The molecule has 2 N–H and O–H groups in total. The third-order valence-corrected chi connectivity index (χ3v) is 3.59. The molecule has 0 saturated heterocycles. The van der Waals surface area contributed by atoms with Crippen LogP contribution in [0.25, 0.3) is 0 Å². The summed E-state index contributed by atoms with van der Waals surface area (Å²) in [4.78, 5) is 16.2. The van der Waals surface area contributed by atoms with Crippen LogP contribution < -0.4 is 20.1 Å². The molecule has 24 heavy (non-hydrogen) atoms. The van der Waals surface area contributed by atoms with Crippen molar-refractivity contribution in [2.24, 2.45) is 0 Å². The summed E-state index contributed by atoms with van der Waals surface area (Å²) in [7, 11) is 3.15. The first-order chi connectivity index (χ1) is 11.6. The molecule has 1 aromatic heterocycles. The Labute approximate surface area is 142 Å². The van der Waals surface area contributed by atoms with Gasteiger partial charge in [0.2, 0.25) is 5.91 Å². The molecule has 2 rings (SSSR count). The molecule has 0 bridgehead atoms. The number of methoxy groups -OCH3 is 2. The maximum Gasteiger partial charge on any atom is 0.226 e. The SMILES string of the molecule is COc1ccc(OC)c(NC(=O)CC(C)NCCn2ccnc2)c1. The van der Waals surface area contributed by atoms with Crippen molar-refractivity contribution in [1.29, 1.82) is 0 Å². The van der Waals surface area contributed by atoms with Crippen LogP contribution in [0.3, 0.4) is 0 Å². The fraction of sp³-hybridized carbons (Fsp3) is 0.412. The summed E-state index contributed by atoms with van der Waals surface area (Å²) >= 11 is 0. The largest absolute Gasteiger partial charge is 0.497 e. The highest BCUT2D eigenvalue weighted by Gasteiger charge is 2.12. The number of imidazole rings is 1. The van der Waals surface area contributed by atoms with Gasteiger partial charge < -0.3 is 24.7 Å². The molecule has 1 atom stereocenters. The molecule has 0 aliphatic carbocycles. The predicted octanol–water partition coefficient (Wildman–Crippen LogP) is 1.91. The standard InChI is InChI=1S/C17H24N4O3/c1-13(19-7-9-21-8-6-18-12-21)10-17(22)20-15-11-14(23-2)4-5-16(15)24-3/h4-6,8,11-13,19H,7,9-10H2,1-3H3,(H,20,22). The van der Waals surface area contributed by atoms with Crippen LogP contribution in [0.5, 0.6) is 11.5 Å². The van der Waals surface area contributed by atoms with Crippen LogP contribution in [0.2, 0.25) is 0 Å². The first kappa shape index (κ1) is 17.8. The van der Waals surface area contributed by atoms with Gasteiger partial charge in [-0.1, -0.05) is 0 Å². The molecule has 130 valence electrons. The Morgan fingerprint density at radius 1 is 1.33 bits per heavy atom. The van der Waals surface area contributed by atoms with Crippen LogP contribution in [0.15, 0.2) is 36.9 Å². The molecule has 2 aromatic rings. The van der Waals surface area contributed by atoms with Gasteiger partial charge in [-0.15, -0.1) is 0 Å². The van der Waals surface area contributed by atoms with Crippen molar-refractivity contribution in [2.45, 2.75) is 25.9 Å². The number of amides is 1. The number of anilines is 1. The highest BCUT2D eigenvalue weighted by atomic mass is 16.5. The molecule has 0 saturated carbocycles. The Hall–Kier alpha value is -2.54. The molecular formula is C17H24N4O3. The van der Waals surface area contributed by atoms with E-state index in [0.717, 1.165) is 13.1 Å². The number of hydrogen-bond acceptors (Lipinski definition) is 5. The smallest absolute Gasteiger partial charge is 0.226 e. The summed E-state index contributed by atoms with van der Waals surface area (Å²) in [5.74, 6) is 1.19. The number of benzene rings is 1. The van der Waals surface area contributed by atoms with E-state index in [4.69, 9.17) is 9.47 Å². The number of rotatable bonds is 9. The van der Waals surface area contributed by atoms with Gasteiger partial charge in [0.15, 0.2) is 0 Å². The number of nitrogens with one attached hydrogen (secondary N) is 2. The average molecular weight is 332 g/mol. The van der Waals surface area contributed by atoms with Gasteiger partial charge in [-0.05, 0) is 19.1 Å². The molecule has 1 aromatic carbocycles. The van der Waals surface area contributed by atoms with Crippen molar-refractivity contribution in [3.63, 3.8) is 0 Å². The van der Waals surface area contributed by atoms with Gasteiger partial charge in [0.25, 0.3) is 0 Å². The zero-order valence-electron chi connectivity index (χ0n) is 14.3. The molecule has 7 heteroatoms. The van der Waals surface area contributed by atoms with Gasteiger partial charge in [-0.2, -0.15) is 0 Å². The Balaban J connectivity index is 1.81. The van der Waals surface area contributed by atoms with Gasteiger partial charge in [-0.3, -0.25) is 4.79 Å². The third kappa shape index (κ3) is 5.27. The van der Waals surface area contributed by atoms with Crippen molar-refractivity contribution >= 4 is 11.6 Å². The number of carbonyl (C=O) groups excluding carboxylic acids is 1. The lowest BCUT2D eigenvalue weighted by atomic mass is 10.2. The van der Waals surface area contributed by atoms with Crippen LogP contribution in [-0.2, 0) is 11.3 Å². The second-order valence-corrected chi connectivity index (χ2v) is 5.47. The van der Waals surface area contributed by atoms with E-state index in [1.165, 1.54) is 0 Å². The zero-order valence-corrected chi connectivity index (χ0v) is 14.3. The second kappa shape index (κ2) is 8.93. The minimum absolute atomic E-state index is 0.0603. The lowest BCUT2D eigenvalue weighted by Crippen LogP contribution is -2.32. The predicted molar refractivity (Wildman–Crippen MR) is 92.5 cm³/mol. The summed E-state index contributed by atoms with van der Waals surface area (Å²) in [6, 6.07) is 5.36. The van der Waals surface area contributed by atoms with Crippen LogP contribution in [0.1, 0.15) is 13.3 Å². The summed E-state index contributed by atoms with van der Waals surface area (Å²) < 4.78 is 12.4. The van der Waals surface area contributed by atoms with Crippen molar-refractivity contribution < 1.29 is 14.3 Å². The van der Waals surface area contributed by atoms with Gasteiger partial charge >= 0.3 is 0 Å². The number of aromatic nitrogens is 2. The summed E-state index contributed by atoms with van der Waals surface area (Å²) in [5.41, 5.74) is 0.604. The van der Waals surface area contributed by atoms with Crippen molar-refractivity contribution in [2.75, 3.05) is 26.1 Å². The second-order valence-electron chi connectivity index (χ2n) is 5.47. The molecule has 0 fully saturated rings. The van der Waals surface area contributed by atoms with Crippen LogP contribution in [0, 0.1) is 0 Å². The summed E-state index contributed by atoms with van der Waals surface area (Å²) in [6.07, 6.45) is 5.80. The first-order valence-electron chi connectivity index (χ1n) is 7.83. The third-order valence-electron chi connectivity index (χ3n) is 3.59. The number of nitrogens with zero attached hydrogens (tertiary/aromatic N) is 2. The Kier molecular flexibility index (Phi) is 6.62. The van der Waals surface area contributed by atoms with E-state index in [1.54, 1.807) is 44.9 Å². The minimum atomic E-state index is -0.0795. The van der Waals surface area contributed by atoms with Crippen molar-refractivity contribution in [3.05, 3.63) is 36.9 Å². The van der Waals surface area contributed by atoms with E-state index >= 15 is 0 Å². The monoisotopic (exact) mass is 332 g/mol. The van der Waals surface area contributed by atoms with E-state index in [0.29, 0.717) is 23.6 Å². The van der Waals surface area contributed by atoms with E-state index in [-0.39, 0.29) is 11.9 Å². The van der Waals surface area contributed by atoms with Crippen LogP contribution in [-0.4, -0.2) is 42.3 Å². The van der Waals surface area contributed by atoms with Crippen LogP contribution in [0.4, 0.5) is 5.69 Å². The molecule has 0 radical (unpaired) electrons. The molecule has 0 spiro atoms. The van der Waals surface area contributed by atoms with Crippen molar-refractivity contribution in [3.8, 4) is 11.5 Å². The van der Waals surface area contributed by atoms with Gasteiger partial charge in [0, 0.05) is 44.0 Å². The lowest BCUT2D eigenvalue weighted by molar-refractivity contribution is -0.116. The molecule has 0 aliphatic heterocycles. The minimum Gasteiger partial charge on any atom is -0.497 e. The Morgan fingerprint density at radius 3 is 2.83 bits per heavy atom. The van der Waals surface area contributed by atoms with Crippen LogP contribution >= 0.6 is 0 Å². The molecule has 0 aliphatic rings. The highest BCUT2D eigenvalue weighted by Crippen LogP contribution is 2.28. The number of carbonyl (C=O) groups is 1. The Morgan fingerprint density at radius 2 is 2.17 bits per heavy atom. The fourth-order valence-corrected chi connectivity index (χ4v) is 2.32. The fourth-order valence-electron chi connectivity index (χ4n) is 2.32. The Bertz CT molecular complexity index is 643. The van der Waals surface area contributed by atoms with Crippen molar-refractivity contribution in [1.82, 2.24) is 14.9 Å². The summed E-state index contributed by atoms with van der Waals surface area (Å²) in [5, 5.41) is 6.20. The topological polar surface area (TPSA) is 77.4 Å². The number of hydrogen-bond donors (Lipinski definition) is 2. The zero-order chi connectivity index (χ0) is 17.4. The highest BCUT2D eigenvalue weighted by molar-refractivity contribution is 5.92. The molecule has 1 amide bonds. The van der Waals surface area contributed by atoms with E-state index in [2.05, 4.69) is 15.6 Å². The van der Waals surface area contributed by atoms with Gasteiger partial charge in [0.05, 0.1) is 26.2 Å².